The molecular weight excluding hydrogens is 288 g/mol. The smallest absolute Gasteiger partial charge is 0.178 e. The molecule has 0 aliphatic carbocycles. The van der Waals surface area contributed by atoms with E-state index < -0.39 is 0 Å². The molecule has 0 unspecified atom stereocenters. The molecule has 1 aromatic carbocycles. The first kappa shape index (κ1) is 11.8. The van der Waals surface area contributed by atoms with Crippen molar-refractivity contribution < 1.29 is 4.74 Å². The van der Waals surface area contributed by atoms with Crippen LogP contribution in [0.4, 0.5) is 0 Å². The minimum Gasteiger partial charge on any atom is -0.385 e. The van der Waals surface area contributed by atoms with Crippen molar-refractivity contribution in [3.63, 3.8) is 0 Å². The zero-order chi connectivity index (χ0) is 11.5. The Bertz CT molecular complexity index is 546. The molecule has 0 bridgehead atoms. The van der Waals surface area contributed by atoms with Crippen LogP contribution in [0.25, 0.3) is 11.0 Å². The molecule has 0 spiro atoms. The minimum absolute atomic E-state index is 0.755. The molecule has 1 N–H and O–H groups in total. The number of nitrogens with zero attached hydrogens (tertiary/aromatic N) is 1. The number of ether oxygens (including phenoxy) is 1. The summed E-state index contributed by atoms with van der Waals surface area (Å²) < 4.78 is 8.98. The number of imidazole rings is 1. The Balaban J connectivity index is 2.36. The van der Waals surface area contributed by atoms with E-state index in [0.717, 1.165) is 39.8 Å². The van der Waals surface area contributed by atoms with Crippen LogP contribution in [0.3, 0.4) is 0 Å². The quantitative estimate of drug-likeness (QED) is 0.692. The topological polar surface area (TPSA) is 29.9 Å². The fourth-order valence-electron chi connectivity index (χ4n) is 1.72. The Morgan fingerprint density at radius 3 is 3.06 bits per heavy atom. The van der Waals surface area contributed by atoms with Gasteiger partial charge in [0.25, 0.3) is 0 Å². The summed E-state index contributed by atoms with van der Waals surface area (Å²) in [6.07, 6.45) is 0.966. The molecule has 1 heterocycles. The van der Waals surface area contributed by atoms with Crippen LogP contribution in [0.2, 0.25) is 0 Å². The number of benzene rings is 1. The third kappa shape index (κ3) is 2.36. The number of nitrogens with one attached hydrogen (secondary N) is 1. The Kier molecular flexibility index (Phi) is 3.78. The van der Waals surface area contributed by atoms with Crippen LogP contribution < -0.4 is 0 Å². The highest BCUT2D eigenvalue weighted by Gasteiger charge is 2.04. The average Bonchev–Trinajstić information content (AvgIpc) is 2.55. The molecule has 1 aromatic heterocycles. The van der Waals surface area contributed by atoms with Gasteiger partial charge in [-0.1, -0.05) is 15.9 Å². The van der Waals surface area contributed by atoms with E-state index in [1.165, 1.54) is 0 Å². The van der Waals surface area contributed by atoms with E-state index in [2.05, 4.69) is 31.5 Å². The Labute approximate surface area is 108 Å². The average molecular weight is 301 g/mol. The van der Waals surface area contributed by atoms with Gasteiger partial charge in [-0.3, -0.25) is 0 Å². The van der Waals surface area contributed by atoms with Crippen molar-refractivity contribution in [3.8, 4) is 0 Å². The minimum atomic E-state index is 0.755. The van der Waals surface area contributed by atoms with Gasteiger partial charge < -0.3 is 14.3 Å². The fourth-order valence-corrected chi connectivity index (χ4v) is 2.39. The van der Waals surface area contributed by atoms with Gasteiger partial charge in [-0.05, 0) is 36.8 Å². The van der Waals surface area contributed by atoms with E-state index in [1.807, 2.05) is 12.1 Å². The molecule has 0 atom stereocenters. The molecule has 0 amide bonds. The summed E-state index contributed by atoms with van der Waals surface area (Å²) in [5.41, 5.74) is 2.21. The Morgan fingerprint density at radius 2 is 2.31 bits per heavy atom. The summed E-state index contributed by atoms with van der Waals surface area (Å²) in [7, 11) is 1.71. The van der Waals surface area contributed by atoms with Crippen molar-refractivity contribution in [2.75, 3.05) is 13.7 Å². The maximum absolute atomic E-state index is 5.30. The second kappa shape index (κ2) is 5.12. The van der Waals surface area contributed by atoms with E-state index >= 15 is 0 Å². The van der Waals surface area contributed by atoms with Crippen molar-refractivity contribution in [1.29, 1.82) is 0 Å². The molecule has 2 rings (SSSR count). The molecule has 0 saturated heterocycles. The van der Waals surface area contributed by atoms with E-state index in [4.69, 9.17) is 17.0 Å². The number of aromatic nitrogens is 2. The van der Waals surface area contributed by atoms with Crippen molar-refractivity contribution in [2.24, 2.45) is 0 Å². The van der Waals surface area contributed by atoms with Crippen LogP contribution in [-0.2, 0) is 11.3 Å². The number of H-pyrrole nitrogens is 1. The van der Waals surface area contributed by atoms with Crippen LogP contribution >= 0.6 is 28.1 Å². The predicted molar refractivity (Wildman–Crippen MR) is 71.3 cm³/mol. The molecule has 0 aliphatic heterocycles. The van der Waals surface area contributed by atoms with Gasteiger partial charge >= 0.3 is 0 Å². The van der Waals surface area contributed by atoms with Crippen molar-refractivity contribution >= 4 is 39.2 Å². The summed E-state index contributed by atoms with van der Waals surface area (Å²) in [6.45, 7) is 1.64. The molecular formula is C11H13BrN2OS. The number of aryl methyl sites for hydroxylation is 1. The van der Waals surface area contributed by atoms with Gasteiger partial charge in [0.1, 0.15) is 0 Å². The molecule has 0 saturated carbocycles. The van der Waals surface area contributed by atoms with Gasteiger partial charge in [-0.2, -0.15) is 0 Å². The van der Waals surface area contributed by atoms with Gasteiger partial charge in [0, 0.05) is 24.7 Å². The molecule has 0 radical (unpaired) electrons. The third-order valence-electron chi connectivity index (χ3n) is 2.47. The third-order valence-corrected chi connectivity index (χ3v) is 3.28. The van der Waals surface area contributed by atoms with Crippen molar-refractivity contribution in [2.45, 2.75) is 13.0 Å². The van der Waals surface area contributed by atoms with Crippen LogP contribution in [0, 0.1) is 4.77 Å². The van der Waals surface area contributed by atoms with Crippen LogP contribution in [0.15, 0.2) is 22.7 Å². The first-order valence-corrected chi connectivity index (χ1v) is 6.29. The maximum atomic E-state index is 5.30. The number of halogens is 1. The number of hydrogen-bond acceptors (Lipinski definition) is 2. The summed E-state index contributed by atoms with van der Waals surface area (Å²) in [5, 5.41) is 0. The van der Waals surface area contributed by atoms with Crippen molar-refractivity contribution in [3.05, 3.63) is 27.4 Å². The monoisotopic (exact) mass is 300 g/mol. The number of methoxy groups -OCH3 is 1. The van der Waals surface area contributed by atoms with Crippen molar-refractivity contribution in [1.82, 2.24) is 9.55 Å². The number of rotatable bonds is 4. The highest BCUT2D eigenvalue weighted by Crippen LogP contribution is 2.19. The lowest BCUT2D eigenvalue weighted by Gasteiger charge is -2.03. The SMILES string of the molecule is COCCCn1c(=S)[nH]c2cc(Br)ccc21. The summed E-state index contributed by atoms with van der Waals surface area (Å²) in [6, 6.07) is 6.13. The zero-order valence-electron chi connectivity index (χ0n) is 9.00. The summed E-state index contributed by atoms with van der Waals surface area (Å²) >= 11 is 8.74. The zero-order valence-corrected chi connectivity index (χ0v) is 11.4. The highest BCUT2D eigenvalue weighted by molar-refractivity contribution is 9.10. The number of hydrogen-bond donors (Lipinski definition) is 1. The van der Waals surface area contributed by atoms with E-state index in [9.17, 15) is 0 Å². The lowest BCUT2D eigenvalue weighted by Crippen LogP contribution is -2.01. The maximum Gasteiger partial charge on any atom is 0.178 e. The van der Waals surface area contributed by atoms with Gasteiger partial charge in [-0.15, -0.1) is 0 Å². The molecule has 3 nitrogen and oxygen atoms in total. The second-order valence-corrected chi connectivity index (χ2v) is 4.89. The lowest BCUT2D eigenvalue weighted by atomic mass is 10.3. The van der Waals surface area contributed by atoms with Crippen LogP contribution in [0.5, 0.6) is 0 Å². The van der Waals surface area contributed by atoms with Gasteiger partial charge in [0.15, 0.2) is 4.77 Å². The normalized spacial score (nSPS) is 11.1. The molecule has 5 heteroatoms. The first-order chi connectivity index (χ1) is 7.72. The fraction of sp³-hybridized carbons (Fsp3) is 0.364. The number of aromatic amines is 1. The Hall–Kier alpha value is -0.650. The molecule has 0 aliphatic rings. The molecule has 2 aromatic rings. The highest BCUT2D eigenvalue weighted by atomic mass is 79.9. The van der Waals surface area contributed by atoms with Gasteiger partial charge in [0.05, 0.1) is 11.0 Å². The molecule has 0 fully saturated rings. The molecule has 86 valence electrons. The van der Waals surface area contributed by atoms with Crippen LogP contribution in [0.1, 0.15) is 6.42 Å². The molecule has 16 heavy (non-hydrogen) atoms. The van der Waals surface area contributed by atoms with Crippen LogP contribution in [-0.4, -0.2) is 23.3 Å². The van der Waals surface area contributed by atoms with E-state index in [0.29, 0.717) is 0 Å². The summed E-state index contributed by atoms with van der Waals surface area (Å²) in [5.74, 6) is 0. The first-order valence-electron chi connectivity index (χ1n) is 5.09. The van der Waals surface area contributed by atoms with E-state index in [1.54, 1.807) is 7.11 Å². The summed E-state index contributed by atoms with van der Waals surface area (Å²) in [4.78, 5) is 3.20. The Morgan fingerprint density at radius 1 is 1.50 bits per heavy atom. The predicted octanol–water partition coefficient (Wildman–Crippen LogP) is 3.50. The largest absolute Gasteiger partial charge is 0.385 e. The standard InChI is InChI=1S/C11H13BrN2OS/c1-15-6-2-5-14-10-4-3-8(12)7-9(10)13-11(14)16/h3-4,7H,2,5-6H2,1H3,(H,13,16). The van der Waals surface area contributed by atoms with E-state index in [-0.39, 0.29) is 0 Å². The second-order valence-electron chi connectivity index (χ2n) is 3.59. The number of fused-ring (bicyclic) bond motifs is 1. The van der Waals surface area contributed by atoms with Gasteiger partial charge in [0.2, 0.25) is 0 Å². The van der Waals surface area contributed by atoms with Gasteiger partial charge in [-0.25, -0.2) is 0 Å². The lowest BCUT2D eigenvalue weighted by molar-refractivity contribution is 0.190.